The minimum absolute atomic E-state index is 0.174. The maximum atomic E-state index is 12.1. The zero-order valence-electron chi connectivity index (χ0n) is 13.6. The molecule has 2 rings (SSSR count). The second-order valence-electron chi connectivity index (χ2n) is 5.29. The molecule has 0 amide bonds. The lowest BCUT2D eigenvalue weighted by Gasteiger charge is -2.20. The van der Waals surface area contributed by atoms with Crippen LogP contribution in [-0.4, -0.2) is 26.8 Å². The molecule has 2 aromatic rings. The molecule has 0 radical (unpaired) electrons. The Labute approximate surface area is 143 Å². The Morgan fingerprint density at radius 2 is 1.54 bits per heavy atom. The number of hydrogen-bond acceptors (Lipinski definition) is 3. The Balaban J connectivity index is 2.14. The van der Waals surface area contributed by atoms with E-state index in [0.717, 1.165) is 21.1 Å². The molecule has 0 fully saturated rings. The Bertz CT molecular complexity index is 886. The number of terminal acetylenes is 2. The summed E-state index contributed by atoms with van der Waals surface area (Å²) in [6.07, 6.45) is 10.5. The topological polar surface area (TPSA) is 40.6 Å². The van der Waals surface area contributed by atoms with E-state index in [9.17, 15) is 8.42 Å². The molecule has 5 heteroatoms. The minimum atomic E-state index is -3.63. The molecule has 0 aliphatic carbocycles. The van der Waals surface area contributed by atoms with E-state index < -0.39 is 10.0 Å². The summed E-state index contributed by atoms with van der Waals surface area (Å²) in [7, 11) is -0.325. The third-order valence-electron chi connectivity index (χ3n) is 3.66. The summed E-state index contributed by atoms with van der Waals surface area (Å²) in [4.78, 5) is 2.23. The Kier molecular flexibility index (Phi) is 5.18. The summed E-state index contributed by atoms with van der Waals surface area (Å²) >= 11 is 0. The van der Waals surface area contributed by atoms with E-state index in [2.05, 4.69) is 16.9 Å². The van der Waals surface area contributed by atoms with E-state index in [-0.39, 0.29) is 4.90 Å². The number of sulfonamides is 1. The van der Waals surface area contributed by atoms with Gasteiger partial charge in [0.2, 0.25) is 0 Å². The van der Waals surface area contributed by atoms with Gasteiger partial charge < -0.3 is 4.90 Å². The van der Waals surface area contributed by atoms with E-state index in [1.54, 1.807) is 24.3 Å². The summed E-state index contributed by atoms with van der Waals surface area (Å²) < 4.78 is 25.1. The fraction of sp³-hybridized carbons (Fsp3) is 0.158. The molecule has 4 nitrogen and oxygen atoms in total. The molecule has 0 aliphatic rings. The quantitative estimate of drug-likeness (QED) is 0.621. The number of rotatable bonds is 5. The summed E-state index contributed by atoms with van der Waals surface area (Å²) in [6, 6.07) is 16.5. The van der Waals surface area contributed by atoms with E-state index in [1.807, 2.05) is 31.3 Å². The molecule has 0 atom stereocenters. The van der Waals surface area contributed by atoms with Gasteiger partial charge in [-0.1, -0.05) is 24.5 Å². The summed E-state index contributed by atoms with van der Waals surface area (Å²) in [6.45, 7) is 0.640. The molecule has 0 saturated heterocycles. The lowest BCUT2D eigenvalue weighted by atomic mass is 10.2. The van der Waals surface area contributed by atoms with E-state index in [4.69, 9.17) is 12.8 Å². The molecule has 0 aliphatic heterocycles. The van der Waals surface area contributed by atoms with Crippen molar-refractivity contribution in [3.8, 4) is 24.8 Å². The molecule has 2 aromatic carbocycles. The van der Waals surface area contributed by atoms with Crippen LogP contribution in [0.3, 0.4) is 0 Å². The van der Waals surface area contributed by atoms with Gasteiger partial charge in [0.15, 0.2) is 0 Å². The molecule has 24 heavy (non-hydrogen) atoms. The molecule has 0 N–H and O–H groups in total. The van der Waals surface area contributed by atoms with Gasteiger partial charge >= 0.3 is 0 Å². The van der Waals surface area contributed by atoms with Crippen molar-refractivity contribution in [2.75, 3.05) is 19.0 Å². The average molecular weight is 338 g/mol. The molecular formula is C19H18N2O2S. The molecule has 122 valence electrons. The summed E-state index contributed by atoms with van der Waals surface area (Å²) in [5.74, 6) is 2.58. The van der Waals surface area contributed by atoms with Gasteiger partial charge in [-0.3, -0.25) is 0 Å². The van der Waals surface area contributed by atoms with Crippen molar-refractivity contribution in [2.24, 2.45) is 0 Å². The SMILES string of the molecule is C#Cc1ccc(N(C)Cc2ccc(S(=O)(=O)N(C)C#C)cc2)cc1. The first kappa shape index (κ1) is 17.5. The third-order valence-corrected chi connectivity index (χ3v) is 5.35. The number of hydrogen-bond donors (Lipinski definition) is 0. The largest absolute Gasteiger partial charge is 0.370 e. The zero-order valence-corrected chi connectivity index (χ0v) is 14.4. The maximum Gasteiger partial charge on any atom is 0.270 e. The fourth-order valence-electron chi connectivity index (χ4n) is 2.17. The highest BCUT2D eigenvalue weighted by molar-refractivity contribution is 7.89. The zero-order chi connectivity index (χ0) is 17.7. The van der Waals surface area contributed by atoms with Crippen molar-refractivity contribution in [1.82, 2.24) is 4.31 Å². The van der Waals surface area contributed by atoms with E-state index in [0.29, 0.717) is 6.54 Å². The predicted octanol–water partition coefficient (Wildman–Crippen LogP) is 2.52. The first-order valence-electron chi connectivity index (χ1n) is 7.20. The smallest absolute Gasteiger partial charge is 0.270 e. The lowest BCUT2D eigenvalue weighted by molar-refractivity contribution is 0.547. The van der Waals surface area contributed by atoms with Crippen molar-refractivity contribution in [1.29, 1.82) is 0 Å². The molecule has 0 unspecified atom stereocenters. The second kappa shape index (κ2) is 7.12. The first-order valence-corrected chi connectivity index (χ1v) is 8.64. The van der Waals surface area contributed by atoms with Crippen molar-refractivity contribution < 1.29 is 8.42 Å². The van der Waals surface area contributed by atoms with Crippen LogP contribution in [0, 0.1) is 24.8 Å². The molecule has 0 bridgehead atoms. The van der Waals surface area contributed by atoms with Crippen LogP contribution in [0.5, 0.6) is 0 Å². The van der Waals surface area contributed by atoms with Gasteiger partial charge in [0.1, 0.15) is 0 Å². The standard InChI is InChI=1S/C19H18N2O2S/c1-5-16-7-11-18(12-8-16)20(3)15-17-9-13-19(14-10-17)24(22,23)21(4)6-2/h1-2,7-14H,15H2,3-4H3. The van der Waals surface area contributed by atoms with Gasteiger partial charge in [0.05, 0.1) is 4.90 Å². The Morgan fingerprint density at radius 3 is 2.04 bits per heavy atom. The Hall–Kier alpha value is -2.89. The normalized spacial score (nSPS) is 10.5. The molecule has 0 heterocycles. The summed E-state index contributed by atoms with van der Waals surface area (Å²) in [5.41, 5.74) is 2.85. The van der Waals surface area contributed by atoms with Gasteiger partial charge in [-0.25, -0.2) is 12.7 Å². The van der Waals surface area contributed by atoms with Crippen LogP contribution in [0.25, 0.3) is 0 Å². The Morgan fingerprint density at radius 1 is 0.958 bits per heavy atom. The van der Waals surface area contributed by atoms with Crippen molar-refractivity contribution in [2.45, 2.75) is 11.4 Å². The monoisotopic (exact) mass is 338 g/mol. The van der Waals surface area contributed by atoms with Gasteiger partial charge in [0.25, 0.3) is 10.0 Å². The van der Waals surface area contributed by atoms with Crippen molar-refractivity contribution in [3.63, 3.8) is 0 Å². The maximum absolute atomic E-state index is 12.1. The van der Waals surface area contributed by atoms with Gasteiger partial charge in [-0.2, -0.15) is 0 Å². The highest BCUT2D eigenvalue weighted by atomic mass is 32.2. The van der Waals surface area contributed by atoms with Gasteiger partial charge in [-0.05, 0) is 42.0 Å². The highest BCUT2D eigenvalue weighted by Crippen LogP contribution is 2.18. The lowest BCUT2D eigenvalue weighted by Crippen LogP contribution is -2.22. The van der Waals surface area contributed by atoms with Crippen LogP contribution in [0.15, 0.2) is 53.4 Å². The molecule has 0 aromatic heterocycles. The molecule has 0 saturated carbocycles. The predicted molar refractivity (Wildman–Crippen MR) is 96.7 cm³/mol. The van der Waals surface area contributed by atoms with Crippen LogP contribution >= 0.6 is 0 Å². The van der Waals surface area contributed by atoms with E-state index >= 15 is 0 Å². The van der Waals surface area contributed by atoms with Crippen LogP contribution in [0.2, 0.25) is 0 Å². The van der Waals surface area contributed by atoms with Crippen LogP contribution in [-0.2, 0) is 16.6 Å². The number of anilines is 1. The molecule has 0 spiro atoms. The van der Waals surface area contributed by atoms with Crippen LogP contribution in [0.1, 0.15) is 11.1 Å². The third kappa shape index (κ3) is 3.71. The van der Waals surface area contributed by atoms with Gasteiger partial charge in [-0.15, -0.1) is 6.42 Å². The highest BCUT2D eigenvalue weighted by Gasteiger charge is 2.18. The number of benzene rings is 2. The van der Waals surface area contributed by atoms with Crippen molar-refractivity contribution >= 4 is 15.7 Å². The van der Waals surface area contributed by atoms with Crippen LogP contribution in [0.4, 0.5) is 5.69 Å². The minimum Gasteiger partial charge on any atom is -0.370 e. The number of nitrogens with zero attached hydrogens (tertiary/aromatic N) is 2. The van der Waals surface area contributed by atoms with Gasteiger partial charge in [0, 0.05) is 37.9 Å². The fourth-order valence-corrected chi connectivity index (χ4v) is 3.11. The summed E-state index contributed by atoms with van der Waals surface area (Å²) in [5, 5.41) is 0. The second-order valence-corrected chi connectivity index (χ2v) is 7.26. The van der Waals surface area contributed by atoms with Crippen LogP contribution < -0.4 is 4.90 Å². The first-order chi connectivity index (χ1) is 11.4. The van der Waals surface area contributed by atoms with E-state index in [1.165, 1.54) is 7.05 Å². The molecular weight excluding hydrogens is 320 g/mol. The van der Waals surface area contributed by atoms with Crippen molar-refractivity contribution in [3.05, 3.63) is 59.7 Å². The average Bonchev–Trinajstić information content (AvgIpc) is 2.61.